The number of hydrogen-bond acceptors (Lipinski definition) is 1. The SMILES string of the molecule is O=P1(c2ccccc2)c2ccccc2-c2cc3[nH]c4ccccc4c3cc21. The van der Waals surface area contributed by atoms with Crippen molar-refractivity contribution < 1.29 is 4.57 Å². The van der Waals surface area contributed by atoms with Crippen molar-refractivity contribution >= 4 is 44.9 Å². The summed E-state index contributed by atoms with van der Waals surface area (Å²) < 4.78 is 14.6. The Bertz CT molecular complexity index is 1400. The van der Waals surface area contributed by atoms with Crippen LogP contribution in [-0.4, -0.2) is 4.98 Å². The Morgan fingerprint density at radius 1 is 0.593 bits per heavy atom. The fourth-order valence-corrected chi connectivity index (χ4v) is 7.46. The number of H-pyrrole nitrogens is 1. The summed E-state index contributed by atoms with van der Waals surface area (Å²) >= 11 is 0. The van der Waals surface area contributed by atoms with Gasteiger partial charge in [-0.2, -0.15) is 0 Å². The summed E-state index contributed by atoms with van der Waals surface area (Å²) in [6.07, 6.45) is 0. The average Bonchev–Trinajstić information content (AvgIpc) is 3.22. The van der Waals surface area contributed by atoms with Crippen molar-refractivity contribution in [2.75, 3.05) is 0 Å². The Labute approximate surface area is 156 Å². The highest BCUT2D eigenvalue weighted by Crippen LogP contribution is 2.53. The van der Waals surface area contributed by atoms with Crippen LogP contribution in [-0.2, 0) is 4.57 Å². The highest BCUT2D eigenvalue weighted by Gasteiger charge is 2.40. The zero-order chi connectivity index (χ0) is 18.0. The normalized spacial score (nSPS) is 17.9. The average molecular weight is 365 g/mol. The fourth-order valence-electron chi connectivity index (χ4n) is 4.38. The predicted octanol–water partition coefficient (Wildman–Crippen LogP) is 4.94. The summed E-state index contributed by atoms with van der Waals surface area (Å²) in [5.41, 5.74) is 4.36. The molecule has 4 aromatic carbocycles. The molecule has 1 N–H and O–H groups in total. The van der Waals surface area contributed by atoms with Crippen LogP contribution in [0.3, 0.4) is 0 Å². The van der Waals surface area contributed by atoms with Crippen molar-refractivity contribution in [1.29, 1.82) is 0 Å². The van der Waals surface area contributed by atoms with Gasteiger partial charge in [0.2, 0.25) is 0 Å². The summed E-state index contributed by atoms with van der Waals surface area (Å²) in [4.78, 5) is 3.52. The maximum absolute atomic E-state index is 14.6. The second-order valence-corrected chi connectivity index (χ2v) is 9.75. The Hall–Kier alpha value is -3.09. The Morgan fingerprint density at radius 3 is 2.22 bits per heavy atom. The topological polar surface area (TPSA) is 32.9 Å². The van der Waals surface area contributed by atoms with Gasteiger partial charge in [0.15, 0.2) is 7.14 Å². The zero-order valence-corrected chi connectivity index (χ0v) is 15.4. The molecule has 6 rings (SSSR count). The summed E-state index contributed by atoms with van der Waals surface area (Å²) in [6.45, 7) is 0. The van der Waals surface area contributed by atoms with Gasteiger partial charge in [-0.1, -0.05) is 72.8 Å². The molecule has 2 heterocycles. The Kier molecular flexibility index (Phi) is 2.90. The maximum Gasteiger partial charge on any atom is 0.172 e. The number of aromatic amines is 1. The molecule has 0 saturated carbocycles. The minimum absolute atomic E-state index is 0.899. The van der Waals surface area contributed by atoms with Crippen LogP contribution in [0, 0.1) is 0 Å². The molecule has 128 valence electrons. The number of fused-ring (bicyclic) bond motifs is 6. The van der Waals surface area contributed by atoms with Crippen LogP contribution in [0.5, 0.6) is 0 Å². The molecule has 1 aliphatic heterocycles. The molecular formula is C24H16NOP. The van der Waals surface area contributed by atoms with Crippen molar-refractivity contribution in [2.45, 2.75) is 0 Å². The Balaban J connectivity index is 1.78. The van der Waals surface area contributed by atoms with E-state index in [1.807, 2.05) is 60.7 Å². The second kappa shape index (κ2) is 5.22. The third kappa shape index (κ3) is 1.88. The first kappa shape index (κ1) is 15.0. The number of nitrogens with one attached hydrogen (secondary N) is 1. The monoisotopic (exact) mass is 365 g/mol. The molecule has 0 spiro atoms. The molecule has 1 unspecified atom stereocenters. The van der Waals surface area contributed by atoms with E-state index >= 15 is 0 Å². The van der Waals surface area contributed by atoms with Gasteiger partial charge >= 0.3 is 0 Å². The lowest BCUT2D eigenvalue weighted by molar-refractivity contribution is 0.593. The van der Waals surface area contributed by atoms with Gasteiger partial charge in [0, 0.05) is 37.7 Å². The van der Waals surface area contributed by atoms with Gasteiger partial charge in [0.25, 0.3) is 0 Å². The maximum atomic E-state index is 14.6. The quantitative estimate of drug-likeness (QED) is 0.411. The van der Waals surface area contributed by atoms with Crippen LogP contribution >= 0.6 is 7.14 Å². The summed E-state index contributed by atoms with van der Waals surface area (Å²) in [7, 11) is -2.87. The molecule has 5 aromatic rings. The van der Waals surface area contributed by atoms with Crippen LogP contribution in [0.4, 0.5) is 0 Å². The molecule has 0 fully saturated rings. The number of aromatic nitrogens is 1. The summed E-state index contributed by atoms with van der Waals surface area (Å²) in [6, 6.07) is 30.6. The van der Waals surface area contributed by atoms with E-state index < -0.39 is 7.14 Å². The van der Waals surface area contributed by atoms with E-state index in [1.54, 1.807) is 0 Å². The third-order valence-electron chi connectivity index (χ3n) is 5.61. The molecule has 27 heavy (non-hydrogen) atoms. The number of rotatable bonds is 1. The molecule has 3 heteroatoms. The van der Waals surface area contributed by atoms with E-state index in [0.29, 0.717) is 0 Å². The van der Waals surface area contributed by atoms with Gasteiger partial charge in [-0.15, -0.1) is 0 Å². The fraction of sp³-hybridized carbons (Fsp3) is 0. The van der Waals surface area contributed by atoms with E-state index in [1.165, 1.54) is 5.39 Å². The summed E-state index contributed by atoms with van der Waals surface area (Å²) in [5, 5.41) is 5.10. The highest BCUT2D eigenvalue weighted by atomic mass is 31.2. The molecule has 1 aromatic heterocycles. The smallest absolute Gasteiger partial charge is 0.172 e. The van der Waals surface area contributed by atoms with E-state index in [9.17, 15) is 4.57 Å². The van der Waals surface area contributed by atoms with Crippen LogP contribution < -0.4 is 15.9 Å². The van der Waals surface area contributed by atoms with Crippen LogP contribution in [0.1, 0.15) is 0 Å². The molecule has 0 bridgehead atoms. The van der Waals surface area contributed by atoms with Crippen molar-refractivity contribution in [3.63, 3.8) is 0 Å². The van der Waals surface area contributed by atoms with Crippen molar-refractivity contribution in [2.24, 2.45) is 0 Å². The molecular weight excluding hydrogens is 349 g/mol. The minimum Gasteiger partial charge on any atom is -0.354 e. The predicted molar refractivity (Wildman–Crippen MR) is 114 cm³/mol. The lowest BCUT2D eigenvalue weighted by Gasteiger charge is -2.15. The molecule has 0 amide bonds. The molecule has 1 atom stereocenters. The molecule has 2 nitrogen and oxygen atoms in total. The first-order chi connectivity index (χ1) is 13.3. The highest BCUT2D eigenvalue weighted by molar-refractivity contribution is 7.86. The number of para-hydroxylation sites is 1. The van der Waals surface area contributed by atoms with Crippen LogP contribution in [0.15, 0.2) is 91.0 Å². The zero-order valence-electron chi connectivity index (χ0n) is 14.5. The molecule has 0 saturated heterocycles. The molecule has 1 aliphatic rings. The number of benzene rings is 4. The van der Waals surface area contributed by atoms with E-state index in [0.717, 1.165) is 43.5 Å². The number of hydrogen-bond donors (Lipinski definition) is 1. The van der Waals surface area contributed by atoms with Crippen molar-refractivity contribution in [3.8, 4) is 11.1 Å². The van der Waals surface area contributed by atoms with Gasteiger partial charge in [0.05, 0.1) is 0 Å². The first-order valence-corrected chi connectivity index (χ1v) is 10.8. The third-order valence-corrected chi connectivity index (χ3v) is 8.76. The van der Waals surface area contributed by atoms with E-state index in [4.69, 9.17) is 0 Å². The van der Waals surface area contributed by atoms with Gasteiger partial charge in [-0.05, 0) is 29.3 Å². The van der Waals surface area contributed by atoms with Crippen LogP contribution in [0.25, 0.3) is 32.9 Å². The Morgan fingerprint density at radius 2 is 1.33 bits per heavy atom. The minimum atomic E-state index is -2.87. The van der Waals surface area contributed by atoms with Gasteiger partial charge in [-0.25, -0.2) is 0 Å². The molecule has 0 radical (unpaired) electrons. The molecule has 0 aliphatic carbocycles. The standard InChI is InChI=1S/C24H16NOP/c26-27(16-8-2-1-3-9-16)23-13-7-5-11-18(23)20-14-22-19(15-24(20)27)17-10-4-6-12-21(17)25-22/h1-15,25H. The second-order valence-electron chi connectivity index (χ2n) is 7.05. The first-order valence-electron chi connectivity index (χ1n) is 9.07. The lowest BCUT2D eigenvalue weighted by atomic mass is 10.0. The van der Waals surface area contributed by atoms with E-state index in [2.05, 4.69) is 35.3 Å². The van der Waals surface area contributed by atoms with Crippen molar-refractivity contribution in [3.05, 3.63) is 91.0 Å². The largest absolute Gasteiger partial charge is 0.354 e. The van der Waals surface area contributed by atoms with Gasteiger partial charge in [-0.3, -0.25) is 0 Å². The lowest BCUT2D eigenvalue weighted by Crippen LogP contribution is -2.20. The van der Waals surface area contributed by atoms with Gasteiger partial charge < -0.3 is 9.55 Å². The summed E-state index contributed by atoms with van der Waals surface area (Å²) in [5.74, 6) is 0. The van der Waals surface area contributed by atoms with Gasteiger partial charge in [0.1, 0.15) is 0 Å². The van der Waals surface area contributed by atoms with E-state index in [-0.39, 0.29) is 0 Å². The van der Waals surface area contributed by atoms with Crippen LogP contribution in [0.2, 0.25) is 0 Å². The van der Waals surface area contributed by atoms with Crippen molar-refractivity contribution in [1.82, 2.24) is 4.98 Å².